The molecule has 4 rings (SSSR count). The zero-order valence-corrected chi connectivity index (χ0v) is 14.7. The minimum absolute atomic E-state index is 0.0190. The van der Waals surface area contributed by atoms with E-state index < -0.39 is 0 Å². The Morgan fingerprint density at radius 3 is 2.46 bits per heavy atom. The summed E-state index contributed by atoms with van der Waals surface area (Å²) in [7, 11) is 0. The monoisotopic (exact) mass is 343 g/mol. The molecule has 0 unspecified atom stereocenters. The zero-order chi connectivity index (χ0) is 17.9. The van der Waals surface area contributed by atoms with Crippen molar-refractivity contribution in [3.05, 3.63) is 90.3 Å². The first-order valence-corrected chi connectivity index (χ1v) is 8.88. The molecule has 1 aliphatic heterocycles. The van der Waals surface area contributed by atoms with Crippen LogP contribution in [0.2, 0.25) is 0 Å². The minimum Gasteiger partial charge on any atom is -0.378 e. The van der Waals surface area contributed by atoms with Gasteiger partial charge in [-0.1, -0.05) is 36.4 Å². The standard InChI is InChI=1S/C22H21N3O/c1-16-15-20(24-18-7-3-2-4-8-18)19-9-5-6-10-21(19)25(16)22(26)17-11-13-23-14-12-17/h2-14,16,20,24H,15H2,1H3/t16-,20+/m0/s1. The lowest BCUT2D eigenvalue weighted by atomic mass is 9.91. The van der Waals surface area contributed by atoms with Gasteiger partial charge >= 0.3 is 0 Å². The van der Waals surface area contributed by atoms with E-state index in [-0.39, 0.29) is 18.0 Å². The van der Waals surface area contributed by atoms with E-state index in [1.54, 1.807) is 24.5 Å². The quantitative estimate of drug-likeness (QED) is 0.751. The van der Waals surface area contributed by atoms with E-state index in [4.69, 9.17) is 0 Å². The maximum absolute atomic E-state index is 13.1. The molecule has 0 fully saturated rings. The van der Waals surface area contributed by atoms with Crippen molar-refractivity contribution < 1.29 is 4.79 Å². The summed E-state index contributed by atoms with van der Waals surface area (Å²) in [5, 5.41) is 3.62. The number of para-hydroxylation sites is 2. The number of carbonyl (C=O) groups excluding carboxylic acids is 1. The average Bonchev–Trinajstić information content (AvgIpc) is 2.69. The SMILES string of the molecule is C[C@H]1C[C@@H](Nc2ccccc2)c2ccccc2N1C(=O)c1ccncc1. The second kappa shape index (κ2) is 7.00. The Bertz CT molecular complexity index is 896. The predicted molar refractivity (Wildman–Crippen MR) is 104 cm³/mol. The maximum atomic E-state index is 13.1. The number of anilines is 2. The number of carbonyl (C=O) groups is 1. The molecule has 1 aliphatic rings. The molecule has 1 amide bonds. The van der Waals surface area contributed by atoms with Gasteiger partial charge in [-0.15, -0.1) is 0 Å². The van der Waals surface area contributed by atoms with Gasteiger partial charge in [0.15, 0.2) is 0 Å². The number of nitrogens with zero attached hydrogens (tertiary/aromatic N) is 2. The van der Waals surface area contributed by atoms with E-state index in [9.17, 15) is 4.79 Å². The van der Waals surface area contributed by atoms with Gasteiger partial charge in [-0.25, -0.2) is 0 Å². The van der Waals surface area contributed by atoms with Gasteiger partial charge in [0.2, 0.25) is 0 Å². The normalized spacial score (nSPS) is 18.9. The van der Waals surface area contributed by atoms with Crippen molar-refractivity contribution in [3.8, 4) is 0 Å². The fourth-order valence-corrected chi connectivity index (χ4v) is 3.63. The smallest absolute Gasteiger partial charge is 0.258 e. The van der Waals surface area contributed by atoms with E-state index in [2.05, 4.69) is 35.4 Å². The molecule has 0 aliphatic carbocycles. The third-order valence-corrected chi connectivity index (χ3v) is 4.85. The van der Waals surface area contributed by atoms with E-state index in [0.717, 1.165) is 23.4 Å². The van der Waals surface area contributed by atoms with Crippen LogP contribution in [0.15, 0.2) is 79.1 Å². The van der Waals surface area contributed by atoms with Gasteiger partial charge in [-0.2, -0.15) is 0 Å². The van der Waals surface area contributed by atoms with Gasteiger partial charge in [0.25, 0.3) is 5.91 Å². The Hall–Kier alpha value is -3.14. The van der Waals surface area contributed by atoms with Gasteiger partial charge in [0.1, 0.15) is 0 Å². The van der Waals surface area contributed by atoms with E-state index in [1.165, 1.54) is 0 Å². The average molecular weight is 343 g/mol. The number of nitrogens with one attached hydrogen (secondary N) is 1. The summed E-state index contributed by atoms with van der Waals surface area (Å²) in [6, 6.07) is 22.2. The lowest BCUT2D eigenvalue weighted by Crippen LogP contribution is -2.44. The maximum Gasteiger partial charge on any atom is 0.258 e. The number of hydrogen-bond acceptors (Lipinski definition) is 3. The largest absolute Gasteiger partial charge is 0.378 e. The van der Waals surface area contributed by atoms with E-state index in [0.29, 0.717) is 5.56 Å². The molecule has 26 heavy (non-hydrogen) atoms. The van der Waals surface area contributed by atoms with Crippen LogP contribution in [-0.4, -0.2) is 16.9 Å². The molecule has 1 N–H and O–H groups in total. The number of pyridine rings is 1. The molecule has 130 valence electrons. The van der Waals surface area contributed by atoms with Crippen LogP contribution in [0.25, 0.3) is 0 Å². The third-order valence-electron chi connectivity index (χ3n) is 4.85. The van der Waals surface area contributed by atoms with Gasteiger partial charge in [-0.05, 0) is 49.2 Å². The molecule has 2 heterocycles. The molecule has 2 aromatic carbocycles. The second-order valence-electron chi connectivity index (χ2n) is 6.62. The van der Waals surface area contributed by atoms with Crippen LogP contribution in [0, 0.1) is 0 Å². The molecule has 0 radical (unpaired) electrons. The number of rotatable bonds is 3. The number of aromatic nitrogens is 1. The Kier molecular flexibility index (Phi) is 4.40. The van der Waals surface area contributed by atoms with Crippen molar-refractivity contribution in [3.63, 3.8) is 0 Å². The first-order chi connectivity index (χ1) is 12.7. The van der Waals surface area contributed by atoms with Crippen LogP contribution in [-0.2, 0) is 0 Å². The van der Waals surface area contributed by atoms with Crippen LogP contribution in [0.5, 0.6) is 0 Å². The zero-order valence-electron chi connectivity index (χ0n) is 14.7. The summed E-state index contributed by atoms with van der Waals surface area (Å²) in [5.74, 6) is 0.0190. The highest BCUT2D eigenvalue weighted by atomic mass is 16.2. The van der Waals surface area contributed by atoms with E-state index in [1.807, 2.05) is 41.3 Å². The van der Waals surface area contributed by atoms with Crippen LogP contribution in [0.3, 0.4) is 0 Å². The number of amides is 1. The first kappa shape index (κ1) is 16.3. The summed E-state index contributed by atoms with van der Waals surface area (Å²) in [5.41, 5.74) is 3.88. The lowest BCUT2D eigenvalue weighted by Gasteiger charge is -2.40. The molecule has 2 atom stereocenters. The van der Waals surface area contributed by atoms with Crippen LogP contribution < -0.4 is 10.2 Å². The summed E-state index contributed by atoms with van der Waals surface area (Å²) >= 11 is 0. The van der Waals surface area contributed by atoms with Crippen molar-refractivity contribution in [2.24, 2.45) is 0 Å². The van der Waals surface area contributed by atoms with E-state index >= 15 is 0 Å². The molecule has 0 bridgehead atoms. The van der Waals surface area contributed by atoms with Crippen LogP contribution in [0.1, 0.15) is 35.3 Å². The molecule has 4 nitrogen and oxygen atoms in total. The fraction of sp³-hybridized carbons (Fsp3) is 0.182. The topological polar surface area (TPSA) is 45.2 Å². The Balaban J connectivity index is 1.69. The summed E-state index contributed by atoms with van der Waals surface area (Å²) in [6.45, 7) is 2.11. The van der Waals surface area contributed by atoms with Crippen LogP contribution >= 0.6 is 0 Å². The third kappa shape index (κ3) is 3.06. The molecule has 4 heteroatoms. The Labute approximate surface area is 153 Å². The van der Waals surface area contributed by atoms with Crippen molar-refractivity contribution in [1.29, 1.82) is 0 Å². The predicted octanol–water partition coefficient (Wildman–Crippen LogP) is 4.67. The number of hydrogen-bond donors (Lipinski definition) is 1. The highest BCUT2D eigenvalue weighted by molar-refractivity contribution is 6.07. The van der Waals surface area contributed by atoms with Gasteiger partial charge in [0.05, 0.1) is 6.04 Å². The highest BCUT2D eigenvalue weighted by Gasteiger charge is 2.33. The number of benzene rings is 2. The highest BCUT2D eigenvalue weighted by Crippen LogP contribution is 2.39. The summed E-state index contributed by atoms with van der Waals surface area (Å²) in [6.07, 6.45) is 4.17. The molecule has 0 saturated heterocycles. The first-order valence-electron chi connectivity index (χ1n) is 8.88. The molecular formula is C22H21N3O. The minimum atomic E-state index is 0.0190. The summed E-state index contributed by atoms with van der Waals surface area (Å²) in [4.78, 5) is 19.0. The van der Waals surface area contributed by atoms with Gasteiger partial charge < -0.3 is 10.2 Å². The van der Waals surface area contributed by atoms with Crippen molar-refractivity contribution in [2.75, 3.05) is 10.2 Å². The second-order valence-corrected chi connectivity index (χ2v) is 6.62. The molecule has 0 spiro atoms. The molecule has 1 aromatic heterocycles. The van der Waals surface area contributed by atoms with Crippen molar-refractivity contribution in [1.82, 2.24) is 4.98 Å². The fourth-order valence-electron chi connectivity index (χ4n) is 3.63. The van der Waals surface area contributed by atoms with Crippen molar-refractivity contribution in [2.45, 2.75) is 25.4 Å². The Morgan fingerprint density at radius 2 is 1.69 bits per heavy atom. The van der Waals surface area contributed by atoms with Crippen LogP contribution in [0.4, 0.5) is 11.4 Å². The molecular weight excluding hydrogens is 322 g/mol. The lowest BCUT2D eigenvalue weighted by molar-refractivity contribution is 0.0974. The van der Waals surface area contributed by atoms with Crippen molar-refractivity contribution >= 4 is 17.3 Å². The Morgan fingerprint density at radius 1 is 1.00 bits per heavy atom. The number of fused-ring (bicyclic) bond motifs is 1. The molecule has 3 aromatic rings. The molecule has 0 saturated carbocycles. The van der Waals surface area contributed by atoms with Gasteiger partial charge in [0, 0.05) is 35.4 Å². The summed E-state index contributed by atoms with van der Waals surface area (Å²) < 4.78 is 0. The van der Waals surface area contributed by atoms with Gasteiger partial charge in [-0.3, -0.25) is 9.78 Å².